The van der Waals surface area contributed by atoms with Crippen molar-refractivity contribution < 1.29 is 14.7 Å². The number of aromatic carboxylic acids is 1. The number of amides is 1. The highest BCUT2D eigenvalue weighted by molar-refractivity contribution is 6.37. The number of anilines is 1. The van der Waals surface area contributed by atoms with Gasteiger partial charge >= 0.3 is 5.97 Å². The number of unbranched alkanes of at least 4 members (excludes halogenated alkanes) is 1. The van der Waals surface area contributed by atoms with Crippen LogP contribution in [0.25, 0.3) is 0 Å². The summed E-state index contributed by atoms with van der Waals surface area (Å²) in [6, 6.07) is 2.69. The molecule has 0 spiro atoms. The van der Waals surface area contributed by atoms with E-state index in [1.165, 1.54) is 12.1 Å². The molecule has 21 heavy (non-hydrogen) atoms. The zero-order valence-electron chi connectivity index (χ0n) is 12.1. The lowest BCUT2D eigenvalue weighted by Crippen LogP contribution is -2.23. The molecule has 0 saturated carbocycles. The van der Waals surface area contributed by atoms with Gasteiger partial charge < -0.3 is 10.4 Å². The zero-order chi connectivity index (χ0) is 16.0. The topological polar surface area (TPSA) is 66.4 Å². The van der Waals surface area contributed by atoms with Crippen LogP contribution >= 0.6 is 23.2 Å². The molecular weight excluding hydrogens is 313 g/mol. The van der Waals surface area contributed by atoms with Crippen molar-refractivity contribution >= 4 is 40.8 Å². The van der Waals surface area contributed by atoms with Crippen LogP contribution < -0.4 is 5.32 Å². The quantitative estimate of drug-likeness (QED) is 0.750. The molecule has 0 aromatic heterocycles. The Bertz CT molecular complexity index is 532. The maximum atomic E-state index is 12.3. The maximum Gasteiger partial charge on any atom is 0.337 e. The summed E-state index contributed by atoms with van der Waals surface area (Å²) in [6.45, 7) is 3.99. The molecule has 1 atom stereocenters. The summed E-state index contributed by atoms with van der Waals surface area (Å²) < 4.78 is 0. The Hall–Kier alpha value is -1.26. The summed E-state index contributed by atoms with van der Waals surface area (Å²) in [7, 11) is 0. The van der Waals surface area contributed by atoms with Crippen molar-refractivity contribution in [3.8, 4) is 0 Å². The highest BCUT2D eigenvalue weighted by Gasteiger charge is 2.21. The molecule has 1 aromatic rings. The smallest absolute Gasteiger partial charge is 0.337 e. The molecule has 4 nitrogen and oxygen atoms in total. The third kappa shape index (κ3) is 4.90. The van der Waals surface area contributed by atoms with E-state index in [9.17, 15) is 14.7 Å². The summed E-state index contributed by atoms with van der Waals surface area (Å²) in [5.41, 5.74) is -0.000269. The molecule has 0 heterocycles. The lowest BCUT2D eigenvalue weighted by molar-refractivity contribution is -0.120. The Kier molecular flexibility index (Phi) is 6.99. The van der Waals surface area contributed by atoms with Crippen LogP contribution in [-0.2, 0) is 4.79 Å². The number of carbonyl (C=O) groups is 2. The fraction of sp³-hybridized carbons (Fsp3) is 0.467. The van der Waals surface area contributed by atoms with Crippen molar-refractivity contribution in [3.05, 3.63) is 27.7 Å². The van der Waals surface area contributed by atoms with Gasteiger partial charge in [-0.2, -0.15) is 0 Å². The minimum atomic E-state index is -1.18. The number of carboxylic acids is 1. The van der Waals surface area contributed by atoms with E-state index in [1.807, 2.05) is 6.92 Å². The average molecular weight is 332 g/mol. The van der Waals surface area contributed by atoms with Gasteiger partial charge in [-0.05, 0) is 25.0 Å². The van der Waals surface area contributed by atoms with E-state index < -0.39 is 5.97 Å². The molecule has 0 saturated heterocycles. The summed E-state index contributed by atoms with van der Waals surface area (Å²) in [5, 5.41) is 12.2. The van der Waals surface area contributed by atoms with Gasteiger partial charge in [-0.15, -0.1) is 0 Å². The Labute approximate surface area is 134 Å². The third-order valence-electron chi connectivity index (χ3n) is 3.30. The number of hydrogen-bond acceptors (Lipinski definition) is 2. The van der Waals surface area contributed by atoms with E-state index in [2.05, 4.69) is 12.2 Å². The van der Waals surface area contributed by atoms with E-state index in [0.29, 0.717) is 6.42 Å². The molecule has 1 rings (SSSR count). The number of benzene rings is 1. The van der Waals surface area contributed by atoms with Crippen LogP contribution in [0.2, 0.25) is 10.0 Å². The predicted molar refractivity (Wildman–Crippen MR) is 85.4 cm³/mol. The maximum absolute atomic E-state index is 12.3. The minimum Gasteiger partial charge on any atom is -0.478 e. The van der Waals surface area contributed by atoms with Crippen molar-refractivity contribution in [2.75, 3.05) is 5.32 Å². The van der Waals surface area contributed by atoms with Crippen LogP contribution in [0.4, 0.5) is 5.69 Å². The molecule has 6 heteroatoms. The summed E-state index contributed by atoms with van der Waals surface area (Å²) in [4.78, 5) is 23.5. The number of nitrogens with one attached hydrogen (secondary N) is 1. The number of carboxylic acid groups (broad SMARTS) is 1. The number of carbonyl (C=O) groups excluding carboxylic acids is 1. The lowest BCUT2D eigenvalue weighted by Gasteiger charge is -2.17. The first-order valence-corrected chi connectivity index (χ1v) is 7.69. The average Bonchev–Trinajstić information content (AvgIpc) is 2.42. The molecule has 2 N–H and O–H groups in total. The van der Waals surface area contributed by atoms with Crippen LogP contribution in [0.5, 0.6) is 0 Å². The largest absolute Gasteiger partial charge is 0.478 e. The molecule has 0 aliphatic carbocycles. The molecule has 0 aliphatic rings. The number of halogens is 2. The Morgan fingerprint density at radius 3 is 2.48 bits per heavy atom. The Balaban J connectivity index is 3.01. The first kappa shape index (κ1) is 17.8. The Morgan fingerprint density at radius 1 is 1.29 bits per heavy atom. The van der Waals surface area contributed by atoms with Gasteiger partial charge in [-0.1, -0.05) is 49.9 Å². The van der Waals surface area contributed by atoms with E-state index >= 15 is 0 Å². The molecule has 1 unspecified atom stereocenters. The van der Waals surface area contributed by atoms with Crippen LogP contribution in [0.1, 0.15) is 49.9 Å². The Morgan fingerprint density at radius 2 is 1.95 bits per heavy atom. The first-order valence-electron chi connectivity index (χ1n) is 6.93. The zero-order valence-corrected chi connectivity index (χ0v) is 13.6. The molecule has 0 bridgehead atoms. The third-order valence-corrected chi connectivity index (χ3v) is 3.82. The molecule has 0 radical (unpaired) electrons. The second-order valence-corrected chi connectivity index (χ2v) is 5.70. The van der Waals surface area contributed by atoms with Gasteiger partial charge in [0, 0.05) is 10.9 Å². The molecule has 1 amide bonds. The monoisotopic (exact) mass is 331 g/mol. The van der Waals surface area contributed by atoms with Crippen molar-refractivity contribution in [1.29, 1.82) is 0 Å². The molecule has 0 aliphatic heterocycles. The number of hydrogen-bond donors (Lipinski definition) is 2. The molecular formula is C15H19Cl2NO3. The van der Waals surface area contributed by atoms with E-state index in [0.717, 1.165) is 19.3 Å². The standard InChI is InChI=1S/C15H19Cl2NO3/c1-3-5-6-9(4-2)14(19)18-13-11(15(20)21)7-10(16)8-12(13)17/h7-9H,3-6H2,1-2H3,(H,18,19)(H,20,21). The van der Waals surface area contributed by atoms with Gasteiger partial charge in [0.05, 0.1) is 16.3 Å². The summed E-state index contributed by atoms with van der Waals surface area (Å²) >= 11 is 11.8. The van der Waals surface area contributed by atoms with Crippen molar-refractivity contribution in [2.24, 2.45) is 5.92 Å². The molecule has 1 aromatic carbocycles. The highest BCUT2D eigenvalue weighted by Crippen LogP contribution is 2.31. The minimum absolute atomic E-state index is 0.105. The van der Waals surface area contributed by atoms with Gasteiger partial charge in [0.15, 0.2) is 0 Å². The molecule has 116 valence electrons. The van der Waals surface area contributed by atoms with Gasteiger partial charge in [0.1, 0.15) is 0 Å². The first-order chi connectivity index (χ1) is 9.90. The van der Waals surface area contributed by atoms with Crippen LogP contribution in [-0.4, -0.2) is 17.0 Å². The van der Waals surface area contributed by atoms with Gasteiger partial charge in [-0.3, -0.25) is 4.79 Å². The van der Waals surface area contributed by atoms with Gasteiger partial charge in [-0.25, -0.2) is 4.79 Å². The van der Waals surface area contributed by atoms with Crippen molar-refractivity contribution in [1.82, 2.24) is 0 Å². The normalized spacial score (nSPS) is 12.0. The summed E-state index contributed by atoms with van der Waals surface area (Å²) in [5.74, 6) is -1.55. The van der Waals surface area contributed by atoms with E-state index in [4.69, 9.17) is 23.2 Å². The van der Waals surface area contributed by atoms with E-state index in [-0.39, 0.29) is 33.1 Å². The van der Waals surface area contributed by atoms with Gasteiger partial charge in [0.25, 0.3) is 0 Å². The predicted octanol–water partition coefficient (Wildman–Crippen LogP) is 4.85. The number of rotatable bonds is 7. The fourth-order valence-electron chi connectivity index (χ4n) is 2.07. The SMILES string of the molecule is CCCCC(CC)C(=O)Nc1c(Cl)cc(Cl)cc1C(=O)O. The van der Waals surface area contributed by atoms with Crippen LogP contribution in [0.3, 0.4) is 0 Å². The van der Waals surface area contributed by atoms with Crippen molar-refractivity contribution in [3.63, 3.8) is 0 Å². The summed E-state index contributed by atoms with van der Waals surface area (Å²) in [6.07, 6.45) is 3.42. The van der Waals surface area contributed by atoms with Crippen LogP contribution in [0, 0.1) is 5.92 Å². The lowest BCUT2D eigenvalue weighted by atomic mass is 9.98. The van der Waals surface area contributed by atoms with E-state index in [1.54, 1.807) is 0 Å². The second-order valence-electron chi connectivity index (χ2n) is 4.85. The van der Waals surface area contributed by atoms with Crippen molar-refractivity contribution in [2.45, 2.75) is 39.5 Å². The van der Waals surface area contributed by atoms with Gasteiger partial charge in [0.2, 0.25) is 5.91 Å². The highest BCUT2D eigenvalue weighted by atomic mass is 35.5. The van der Waals surface area contributed by atoms with Crippen LogP contribution in [0.15, 0.2) is 12.1 Å². The molecule has 0 fully saturated rings. The second kappa shape index (κ2) is 8.25. The fourth-order valence-corrected chi connectivity index (χ4v) is 2.61.